The van der Waals surface area contributed by atoms with Crippen molar-refractivity contribution in [1.29, 1.82) is 0 Å². The molecule has 2 aromatic carbocycles. The molecule has 2 saturated heterocycles. The molecular formula is C32H32F6N2O2. The Balaban J connectivity index is 1.31. The molecule has 0 saturated carbocycles. The summed E-state index contributed by atoms with van der Waals surface area (Å²) >= 11 is 0. The lowest BCUT2D eigenvalue weighted by Gasteiger charge is -2.41. The predicted octanol–water partition coefficient (Wildman–Crippen LogP) is 7.84. The molecule has 4 nitrogen and oxygen atoms in total. The Morgan fingerprint density at radius 1 is 0.905 bits per heavy atom. The van der Waals surface area contributed by atoms with Crippen LogP contribution >= 0.6 is 0 Å². The minimum Gasteiger partial charge on any atom is -0.378 e. The van der Waals surface area contributed by atoms with E-state index in [4.69, 9.17) is 4.74 Å². The van der Waals surface area contributed by atoms with Crippen LogP contribution in [0, 0.1) is 17.8 Å². The molecule has 0 N–H and O–H groups in total. The first kappa shape index (κ1) is 29.9. The average Bonchev–Trinajstić information content (AvgIpc) is 2.99. The van der Waals surface area contributed by atoms with Gasteiger partial charge in [0, 0.05) is 32.1 Å². The summed E-state index contributed by atoms with van der Waals surface area (Å²) in [4.78, 5) is 16.9. The van der Waals surface area contributed by atoms with Crippen LogP contribution in [0.2, 0.25) is 0 Å². The van der Waals surface area contributed by atoms with Crippen molar-refractivity contribution in [2.24, 2.45) is 17.8 Å². The number of morpholine rings is 1. The number of ether oxygens (including phenoxy) is 1. The zero-order valence-electron chi connectivity index (χ0n) is 22.9. The number of urea groups is 1. The molecule has 0 bridgehead atoms. The summed E-state index contributed by atoms with van der Waals surface area (Å²) < 4.78 is 84.3. The minimum absolute atomic E-state index is 0.0356. The molecule has 2 amide bonds. The Morgan fingerprint density at radius 2 is 1.64 bits per heavy atom. The van der Waals surface area contributed by atoms with Crippen LogP contribution < -0.4 is 0 Å². The van der Waals surface area contributed by atoms with Crippen molar-refractivity contribution in [2.75, 3.05) is 39.4 Å². The first-order valence-electron chi connectivity index (χ1n) is 14.0. The van der Waals surface area contributed by atoms with Gasteiger partial charge in [-0.15, -0.1) is 0 Å². The Labute approximate surface area is 240 Å². The lowest BCUT2D eigenvalue weighted by atomic mass is 9.81. The van der Waals surface area contributed by atoms with E-state index in [0.717, 1.165) is 23.3 Å². The standard InChI is InChI=1S/C32H32F6N2O2/c33-31(34,35)28-12-10-25(11-13-28)27-18-23(20-40(21-27)30(41)39-14-16-42-17-15-39)5-4-22-6-8-24(9-7-22)26-2-1-3-29(19-26)32(36,37)38/h1-12,19,23,27-28H,13-18,20-21H2. The van der Waals surface area contributed by atoms with Gasteiger partial charge in [0.2, 0.25) is 0 Å². The molecule has 2 aromatic rings. The zero-order valence-corrected chi connectivity index (χ0v) is 22.9. The molecule has 3 unspecified atom stereocenters. The van der Waals surface area contributed by atoms with Gasteiger partial charge in [-0.05, 0) is 53.2 Å². The van der Waals surface area contributed by atoms with Crippen molar-refractivity contribution >= 4 is 12.1 Å². The van der Waals surface area contributed by atoms with Crippen molar-refractivity contribution in [3.8, 4) is 11.1 Å². The lowest BCUT2D eigenvalue weighted by molar-refractivity contribution is -0.160. The average molecular weight is 591 g/mol. The Hall–Kier alpha value is -3.53. The first-order valence-corrected chi connectivity index (χ1v) is 14.0. The summed E-state index contributed by atoms with van der Waals surface area (Å²) in [6, 6.07) is 12.3. The number of likely N-dealkylation sites (tertiary alicyclic amines) is 1. The van der Waals surface area contributed by atoms with Crippen LogP contribution in [0.1, 0.15) is 24.0 Å². The number of alkyl halides is 6. The fraction of sp³-hybridized carbons (Fsp3) is 0.406. The van der Waals surface area contributed by atoms with Crippen LogP contribution in [-0.2, 0) is 10.9 Å². The van der Waals surface area contributed by atoms with E-state index in [0.29, 0.717) is 56.9 Å². The van der Waals surface area contributed by atoms with Gasteiger partial charge in [0.05, 0.1) is 24.7 Å². The molecule has 224 valence electrons. The van der Waals surface area contributed by atoms with E-state index in [-0.39, 0.29) is 24.3 Å². The van der Waals surface area contributed by atoms with Gasteiger partial charge >= 0.3 is 18.4 Å². The van der Waals surface area contributed by atoms with E-state index >= 15 is 0 Å². The highest BCUT2D eigenvalue weighted by Crippen LogP contribution is 2.38. The molecule has 3 aliphatic rings. The molecule has 0 spiro atoms. The second kappa shape index (κ2) is 12.4. The maximum Gasteiger partial charge on any atom is 0.416 e. The smallest absolute Gasteiger partial charge is 0.378 e. The van der Waals surface area contributed by atoms with Crippen molar-refractivity contribution < 1.29 is 35.9 Å². The molecule has 10 heteroatoms. The van der Waals surface area contributed by atoms with Gasteiger partial charge in [-0.2, -0.15) is 26.3 Å². The van der Waals surface area contributed by atoms with E-state index in [1.54, 1.807) is 40.2 Å². The number of benzene rings is 2. The maximum absolute atomic E-state index is 13.4. The third kappa shape index (κ3) is 7.27. The summed E-state index contributed by atoms with van der Waals surface area (Å²) in [6.45, 7) is 2.83. The van der Waals surface area contributed by atoms with Gasteiger partial charge in [-0.3, -0.25) is 0 Å². The highest BCUT2D eigenvalue weighted by Gasteiger charge is 2.39. The van der Waals surface area contributed by atoms with E-state index in [2.05, 4.69) is 0 Å². The normalized spacial score (nSPS) is 23.8. The molecule has 2 heterocycles. The van der Waals surface area contributed by atoms with Gasteiger partial charge in [0.25, 0.3) is 0 Å². The number of hydrogen-bond acceptors (Lipinski definition) is 2. The van der Waals surface area contributed by atoms with Crippen molar-refractivity contribution in [3.63, 3.8) is 0 Å². The number of piperidine rings is 1. The molecule has 2 fully saturated rings. The number of carbonyl (C=O) groups excluding carboxylic acids is 1. The van der Waals surface area contributed by atoms with Crippen molar-refractivity contribution in [3.05, 3.63) is 89.5 Å². The molecule has 0 aromatic heterocycles. The first-order chi connectivity index (χ1) is 20.0. The van der Waals surface area contributed by atoms with E-state index in [1.165, 1.54) is 12.1 Å². The largest absolute Gasteiger partial charge is 0.416 e. The highest BCUT2D eigenvalue weighted by atomic mass is 19.4. The second-order valence-electron chi connectivity index (χ2n) is 11.0. The highest BCUT2D eigenvalue weighted by molar-refractivity contribution is 5.75. The number of nitrogens with zero attached hydrogens (tertiary/aromatic N) is 2. The summed E-state index contributed by atoms with van der Waals surface area (Å²) in [5.41, 5.74) is 2.09. The van der Waals surface area contributed by atoms with Crippen LogP contribution in [0.4, 0.5) is 31.1 Å². The molecule has 5 rings (SSSR count). The monoisotopic (exact) mass is 590 g/mol. The third-order valence-electron chi connectivity index (χ3n) is 8.05. The SMILES string of the molecule is O=C(N1CCOCC1)N1CC(C=Cc2ccc(-c3cccc(C(F)(F)F)c3)cc2)CC(C2=CCC(C(F)(F)F)C=C2)C1. The number of amides is 2. The van der Waals surface area contributed by atoms with E-state index in [9.17, 15) is 31.1 Å². The number of halogens is 6. The molecule has 3 atom stereocenters. The Kier molecular flexibility index (Phi) is 8.82. The van der Waals surface area contributed by atoms with E-state index < -0.39 is 23.8 Å². The fourth-order valence-electron chi connectivity index (χ4n) is 5.72. The quantitative estimate of drug-likeness (QED) is 0.340. The number of carbonyl (C=O) groups is 1. The summed E-state index contributed by atoms with van der Waals surface area (Å²) in [6.07, 6.45) is 0.223. The summed E-state index contributed by atoms with van der Waals surface area (Å²) in [7, 11) is 0. The summed E-state index contributed by atoms with van der Waals surface area (Å²) in [5, 5.41) is 0. The minimum atomic E-state index is -4.42. The molecule has 0 radical (unpaired) electrons. The predicted molar refractivity (Wildman–Crippen MR) is 148 cm³/mol. The van der Waals surface area contributed by atoms with Gasteiger partial charge in [0.15, 0.2) is 0 Å². The number of hydrogen-bond donors (Lipinski definition) is 0. The van der Waals surface area contributed by atoms with Crippen LogP contribution in [0.5, 0.6) is 0 Å². The van der Waals surface area contributed by atoms with Crippen LogP contribution in [0.15, 0.2) is 78.4 Å². The molecule has 42 heavy (non-hydrogen) atoms. The fourth-order valence-corrected chi connectivity index (χ4v) is 5.72. The van der Waals surface area contributed by atoms with Gasteiger partial charge < -0.3 is 14.5 Å². The van der Waals surface area contributed by atoms with Crippen LogP contribution in [-0.4, -0.2) is 61.4 Å². The third-order valence-corrected chi connectivity index (χ3v) is 8.05. The van der Waals surface area contributed by atoms with Gasteiger partial charge in [0.1, 0.15) is 0 Å². The van der Waals surface area contributed by atoms with Crippen LogP contribution in [0.25, 0.3) is 17.2 Å². The summed E-state index contributed by atoms with van der Waals surface area (Å²) in [5.74, 6) is -1.64. The number of rotatable bonds is 4. The topological polar surface area (TPSA) is 32.8 Å². The van der Waals surface area contributed by atoms with Crippen LogP contribution in [0.3, 0.4) is 0 Å². The van der Waals surface area contributed by atoms with Crippen molar-refractivity contribution in [1.82, 2.24) is 9.80 Å². The lowest BCUT2D eigenvalue weighted by Crippen LogP contribution is -2.52. The zero-order chi connectivity index (χ0) is 29.9. The number of allylic oxidation sites excluding steroid dienone is 3. The Morgan fingerprint density at radius 3 is 2.29 bits per heavy atom. The van der Waals surface area contributed by atoms with Gasteiger partial charge in [-0.1, -0.05) is 66.8 Å². The van der Waals surface area contributed by atoms with Crippen molar-refractivity contribution in [2.45, 2.75) is 25.2 Å². The molecule has 2 aliphatic heterocycles. The maximum atomic E-state index is 13.4. The molecular weight excluding hydrogens is 558 g/mol. The van der Waals surface area contributed by atoms with E-state index in [1.807, 2.05) is 24.3 Å². The molecule has 1 aliphatic carbocycles. The Bertz CT molecular complexity index is 1340. The second-order valence-corrected chi connectivity index (χ2v) is 11.0. The van der Waals surface area contributed by atoms with Gasteiger partial charge in [-0.25, -0.2) is 4.79 Å².